The van der Waals surface area contributed by atoms with Crippen molar-refractivity contribution >= 4 is 22.7 Å². The Morgan fingerprint density at radius 2 is 1.90 bits per heavy atom. The van der Waals surface area contributed by atoms with Gasteiger partial charge in [-0.3, -0.25) is 4.79 Å². The maximum Gasteiger partial charge on any atom is 0.360 e. The minimum Gasteiger partial charge on any atom is -0.466 e. The van der Waals surface area contributed by atoms with E-state index in [1.54, 1.807) is 24.3 Å². The summed E-state index contributed by atoms with van der Waals surface area (Å²) in [7, 11) is 1.19. The number of hydrogen-bond donors (Lipinski definition) is 1. The molecular formula is C13H12N2O5. The number of nitrogens with zero attached hydrogens (tertiary/aromatic N) is 1. The first-order valence-electron chi connectivity index (χ1n) is 5.81. The molecule has 0 unspecified atom stereocenters. The van der Waals surface area contributed by atoms with Crippen LogP contribution in [0.25, 0.3) is 10.8 Å². The molecule has 0 bridgehead atoms. The van der Waals surface area contributed by atoms with E-state index >= 15 is 0 Å². The van der Waals surface area contributed by atoms with E-state index in [2.05, 4.69) is 14.9 Å². The van der Waals surface area contributed by atoms with Gasteiger partial charge in [0.2, 0.25) is 0 Å². The Kier molecular flexibility index (Phi) is 3.79. The average molecular weight is 276 g/mol. The minimum absolute atomic E-state index is 0.0593. The number of carbonyl (C=O) groups excluding carboxylic acids is 2. The zero-order chi connectivity index (χ0) is 14.7. The SMILES string of the molecule is COC(=O)[C@@H](C)OC(=O)c1n[nH]c(=O)c2ccccc12. The van der Waals surface area contributed by atoms with Crippen molar-refractivity contribution < 1.29 is 19.1 Å². The lowest BCUT2D eigenvalue weighted by molar-refractivity contribution is -0.149. The lowest BCUT2D eigenvalue weighted by Gasteiger charge is -2.11. The van der Waals surface area contributed by atoms with Crippen molar-refractivity contribution in [2.45, 2.75) is 13.0 Å². The molecule has 1 atom stereocenters. The van der Waals surface area contributed by atoms with Gasteiger partial charge >= 0.3 is 11.9 Å². The van der Waals surface area contributed by atoms with Gasteiger partial charge in [-0.1, -0.05) is 18.2 Å². The number of H-pyrrole nitrogens is 1. The summed E-state index contributed by atoms with van der Waals surface area (Å²) in [6.07, 6.45) is -1.06. The molecule has 0 saturated heterocycles. The van der Waals surface area contributed by atoms with Crippen molar-refractivity contribution in [2.24, 2.45) is 0 Å². The molecule has 1 aromatic heterocycles. The fourth-order valence-corrected chi connectivity index (χ4v) is 1.70. The van der Waals surface area contributed by atoms with Gasteiger partial charge in [-0.05, 0) is 13.0 Å². The Morgan fingerprint density at radius 1 is 1.25 bits per heavy atom. The number of nitrogens with one attached hydrogen (secondary N) is 1. The van der Waals surface area contributed by atoms with Gasteiger partial charge in [0, 0.05) is 5.39 Å². The van der Waals surface area contributed by atoms with Crippen LogP contribution in [0.15, 0.2) is 29.1 Å². The summed E-state index contributed by atoms with van der Waals surface area (Å²) in [5.41, 5.74) is -0.464. The third kappa shape index (κ3) is 2.51. The van der Waals surface area contributed by atoms with Crippen molar-refractivity contribution in [1.82, 2.24) is 10.2 Å². The first kappa shape index (κ1) is 13.7. The smallest absolute Gasteiger partial charge is 0.360 e. The maximum atomic E-state index is 12.0. The van der Waals surface area contributed by atoms with Crippen LogP contribution in [-0.4, -0.2) is 35.3 Å². The van der Waals surface area contributed by atoms with Gasteiger partial charge in [-0.15, -0.1) is 0 Å². The zero-order valence-electron chi connectivity index (χ0n) is 10.9. The number of aromatic amines is 1. The summed E-state index contributed by atoms with van der Waals surface area (Å²) in [6.45, 7) is 1.39. The third-order valence-corrected chi connectivity index (χ3v) is 2.71. The van der Waals surface area contributed by atoms with E-state index < -0.39 is 23.6 Å². The zero-order valence-corrected chi connectivity index (χ0v) is 10.9. The Hall–Kier alpha value is -2.70. The molecule has 0 amide bonds. The summed E-state index contributed by atoms with van der Waals surface area (Å²) in [4.78, 5) is 34.8. The van der Waals surface area contributed by atoms with Gasteiger partial charge in [-0.2, -0.15) is 5.10 Å². The van der Waals surface area contributed by atoms with Crippen LogP contribution in [0.1, 0.15) is 17.4 Å². The van der Waals surface area contributed by atoms with Crippen LogP contribution in [-0.2, 0) is 14.3 Å². The molecule has 1 aromatic carbocycles. The Bertz CT molecular complexity index is 722. The van der Waals surface area contributed by atoms with Crippen LogP contribution in [0.2, 0.25) is 0 Å². The molecule has 0 aliphatic rings. The minimum atomic E-state index is -1.06. The Labute approximate surface area is 113 Å². The molecule has 1 heterocycles. The van der Waals surface area contributed by atoms with E-state index in [-0.39, 0.29) is 5.69 Å². The lowest BCUT2D eigenvalue weighted by Crippen LogP contribution is -2.26. The van der Waals surface area contributed by atoms with Gasteiger partial charge in [0.15, 0.2) is 11.8 Å². The largest absolute Gasteiger partial charge is 0.466 e. The van der Waals surface area contributed by atoms with Crippen LogP contribution in [0.5, 0.6) is 0 Å². The second kappa shape index (κ2) is 5.52. The van der Waals surface area contributed by atoms with E-state index in [0.717, 1.165) is 0 Å². The van der Waals surface area contributed by atoms with Crippen LogP contribution in [0, 0.1) is 0 Å². The second-order valence-corrected chi connectivity index (χ2v) is 4.02. The number of carbonyl (C=O) groups is 2. The monoisotopic (exact) mass is 276 g/mol. The Balaban J connectivity index is 2.39. The second-order valence-electron chi connectivity index (χ2n) is 4.02. The number of ether oxygens (including phenoxy) is 2. The lowest BCUT2D eigenvalue weighted by atomic mass is 10.1. The fourth-order valence-electron chi connectivity index (χ4n) is 1.70. The van der Waals surface area contributed by atoms with Crippen molar-refractivity contribution in [3.8, 4) is 0 Å². The third-order valence-electron chi connectivity index (χ3n) is 2.71. The fraction of sp³-hybridized carbons (Fsp3) is 0.231. The number of rotatable bonds is 3. The molecule has 0 aliphatic heterocycles. The van der Waals surface area contributed by atoms with Crippen molar-refractivity contribution in [3.63, 3.8) is 0 Å². The molecule has 0 saturated carbocycles. The number of benzene rings is 1. The van der Waals surface area contributed by atoms with E-state index in [1.807, 2.05) is 0 Å². The molecule has 2 rings (SSSR count). The van der Waals surface area contributed by atoms with Crippen LogP contribution in [0.3, 0.4) is 0 Å². The topological polar surface area (TPSA) is 98.3 Å². The molecular weight excluding hydrogens is 264 g/mol. The number of hydrogen-bond acceptors (Lipinski definition) is 6. The summed E-state index contributed by atoms with van der Waals surface area (Å²) in [5, 5.41) is 6.58. The van der Waals surface area contributed by atoms with Crippen LogP contribution in [0.4, 0.5) is 0 Å². The van der Waals surface area contributed by atoms with E-state index in [9.17, 15) is 14.4 Å². The van der Waals surface area contributed by atoms with E-state index in [4.69, 9.17) is 4.74 Å². The Morgan fingerprint density at radius 3 is 2.55 bits per heavy atom. The van der Waals surface area contributed by atoms with Crippen LogP contribution < -0.4 is 5.56 Å². The molecule has 0 radical (unpaired) electrons. The summed E-state index contributed by atoms with van der Waals surface area (Å²) >= 11 is 0. The molecule has 1 N–H and O–H groups in total. The number of methoxy groups -OCH3 is 1. The number of fused-ring (bicyclic) bond motifs is 1. The standard InChI is InChI=1S/C13H12N2O5/c1-7(12(17)19-2)20-13(18)10-8-5-3-4-6-9(8)11(16)15-14-10/h3-7H,1-2H3,(H,15,16)/t7-/m1/s1. The molecule has 0 spiro atoms. The van der Waals surface area contributed by atoms with Gasteiger partial charge < -0.3 is 9.47 Å². The first-order valence-corrected chi connectivity index (χ1v) is 5.81. The van der Waals surface area contributed by atoms with Gasteiger partial charge in [0.1, 0.15) is 0 Å². The maximum absolute atomic E-state index is 12.0. The summed E-state index contributed by atoms with van der Waals surface area (Å²) < 4.78 is 9.40. The highest BCUT2D eigenvalue weighted by Gasteiger charge is 2.22. The van der Waals surface area contributed by atoms with E-state index in [0.29, 0.717) is 10.8 Å². The quantitative estimate of drug-likeness (QED) is 0.826. The molecule has 7 heteroatoms. The average Bonchev–Trinajstić information content (AvgIpc) is 2.46. The van der Waals surface area contributed by atoms with Crippen molar-refractivity contribution in [2.75, 3.05) is 7.11 Å². The normalized spacial score (nSPS) is 11.9. The molecule has 0 fully saturated rings. The molecule has 0 aliphatic carbocycles. The van der Waals surface area contributed by atoms with Crippen molar-refractivity contribution in [3.05, 3.63) is 40.3 Å². The van der Waals surface area contributed by atoms with Gasteiger partial charge in [0.05, 0.1) is 12.5 Å². The first-order chi connectivity index (χ1) is 9.54. The number of aromatic nitrogens is 2. The van der Waals surface area contributed by atoms with Crippen LogP contribution >= 0.6 is 0 Å². The summed E-state index contributed by atoms with van der Waals surface area (Å²) in [6, 6.07) is 6.49. The molecule has 104 valence electrons. The molecule has 7 nitrogen and oxygen atoms in total. The van der Waals surface area contributed by atoms with Gasteiger partial charge in [-0.25, -0.2) is 14.7 Å². The van der Waals surface area contributed by atoms with E-state index in [1.165, 1.54) is 14.0 Å². The molecule has 2 aromatic rings. The van der Waals surface area contributed by atoms with Gasteiger partial charge in [0.25, 0.3) is 5.56 Å². The highest BCUT2D eigenvalue weighted by atomic mass is 16.6. The highest BCUT2D eigenvalue weighted by Crippen LogP contribution is 2.14. The summed E-state index contributed by atoms with van der Waals surface area (Å²) in [5.74, 6) is -1.48. The van der Waals surface area contributed by atoms with Crippen molar-refractivity contribution in [1.29, 1.82) is 0 Å². The number of esters is 2. The predicted molar refractivity (Wildman–Crippen MR) is 69.3 cm³/mol. The highest BCUT2D eigenvalue weighted by molar-refractivity contribution is 6.02. The molecule has 20 heavy (non-hydrogen) atoms. The predicted octanol–water partition coefficient (Wildman–Crippen LogP) is 0.641.